The summed E-state index contributed by atoms with van der Waals surface area (Å²) in [5, 5.41) is 24.2. The van der Waals surface area contributed by atoms with Gasteiger partial charge in [0.25, 0.3) is 5.69 Å². The quantitative estimate of drug-likeness (QED) is 0.182. The number of pyridine rings is 1. The van der Waals surface area contributed by atoms with Crippen LogP contribution in [0, 0.1) is 16.3 Å². The predicted octanol–water partition coefficient (Wildman–Crippen LogP) is 2.64. The molecule has 1 aliphatic heterocycles. The van der Waals surface area contributed by atoms with Gasteiger partial charge in [-0.25, -0.2) is 0 Å². The Labute approximate surface area is 201 Å². The Bertz CT molecular complexity index is 1430. The smallest absolute Gasteiger partial charge is 0.269 e. The lowest BCUT2D eigenvalue weighted by molar-refractivity contribution is -0.505. The summed E-state index contributed by atoms with van der Waals surface area (Å²) < 4.78 is 6.74. The van der Waals surface area contributed by atoms with Gasteiger partial charge in [0.15, 0.2) is 12.4 Å². The van der Waals surface area contributed by atoms with Crippen LogP contribution < -0.4 is 19.3 Å². The zero-order valence-electron chi connectivity index (χ0n) is 18.8. The van der Waals surface area contributed by atoms with E-state index in [-0.39, 0.29) is 17.2 Å². The summed E-state index contributed by atoms with van der Waals surface area (Å²) in [4.78, 5) is 24.4. The monoisotopic (exact) mass is 467 g/mol. The minimum Gasteiger partial charge on any atom is -0.871 e. The van der Waals surface area contributed by atoms with Crippen LogP contribution in [0.15, 0.2) is 104 Å². The van der Waals surface area contributed by atoms with Crippen molar-refractivity contribution in [2.24, 2.45) is 0 Å². The lowest BCUT2D eigenvalue weighted by Crippen LogP contribution is -2.22. The van der Waals surface area contributed by atoms with Crippen LogP contribution in [-0.4, -0.2) is 22.7 Å². The fraction of sp³-hybridized carbons (Fsp3) is 0.0370. The van der Waals surface area contributed by atoms with Crippen LogP contribution in [0.2, 0.25) is 0 Å². The van der Waals surface area contributed by atoms with Crippen LogP contribution in [0.4, 0.5) is 5.69 Å². The Hall–Kier alpha value is -4.98. The lowest BCUT2D eigenvalue weighted by atomic mass is 10.1. The average molecular weight is 467 g/mol. The van der Waals surface area contributed by atoms with E-state index in [0.29, 0.717) is 16.9 Å². The number of ether oxygens (including phenoxy) is 1. The number of Topliss-reactive ketones (excluding diaryl/α,β-unsaturated/α-hetero) is 1. The second kappa shape index (κ2) is 10.3. The molecule has 0 atom stereocenters. The molecule has 0 fully saturated rings. The van der Waals surface area contributed by atoms with Crippen LogP contribution in [0.25, 0.3) is 11.3 Å². The first kappa shape index (κ1) is 23.2. The molecule has 1 aromatic heterocycles. The van der Waals surface area contributed by atoms with Crippen molar-refractivity contribution < 1.29 is 23.8 Å². The first-order valence-corrected chi connectivity index (χ1v) is 10.6. The molecule has 1 aliphatic rings. The van der Waals surface area contributed by atoms with Gasteiger partial charge in [0.05, 0.1) is 12.0 Å². The number of hydrogen-bond acceptors (Lipinski definition) is 6. The second-order valence-corrected chi connectivity index (χ2v) is 7.59. The van der Waals surface area contributed by atoms with Crippen molar-refractivity contribution in [2.75, 3.05) is 7.11 Å². The number of aromatic nitrogens is 1. The predicted molar refractivity (Wildman–Crippen MR) is 128 cm³/mol. The van der Waals surface area contributed by atoms with E-state index in [2.05, 4.69) is 0 Å². The highest BCUT2D eigenvalue weighted by Crippen LogP contribution is 2.17. The van der Waals surface area contributed by atoms with Gasteiger partial charge in [0, 0.05) is 48.4 Å². The molecule has 2 heterocycles. The molecular weight excluding hydrogens is 446 g/mol. The Morgan fingerprint density at radius 3 is 2.11 bits per heavy atom. The zero-order chi connectivity index (χ0) is 24.8. The van der Waals surface area contributed by atoms with E-state index in [4.69, 9.17) is 4.74 Å². The molecule has 8 heteroatoms. The van der Waals surface area contributed by atoms with E-state index in [9.17, 15) is 20.0 Å². The SMILES string of the molecule is COc1ccc(/C([O-])=C\N2C=CC(=c3cc[n+](=CC(=O)c4ccc([N+](=O)[O-])cc4)cc3)C=C2)cc1. The summed E-state index contributed by atoms with van der Waals surface area (Å²) in [6.45, 7) is 0. The molecule has 35 heavy (non-hydrogen) atoms. The Morgan fingerprint density at radius 2 is 1.54 bits per heavy atom. The highest BCUT2D eigenvalue weighted by molar-refractivity contribution is 6.00. The van der Waals surface area contributed by atoms with Crippen molar-refractivity contribution in [1.29, 1.82) is 0 Å². The molecule has 0 amide bonds. The van der Waals surface area contributed by atoms with Crippen LogP contribution in [0.1, 0.15) is 15.9 Å². The van der Waals surface area contributed by atoms with Crippen molar-refractivity contribution >= 4 is 22.8 Å². The highest BCUT2D eigenvalue weighted by Gasteiger charge is 2.10. The maximum atomic E-state index is 12.5. The fourth-order valence-corrected chi connectivity index (χ4v) is 3.36. The Balaban J connectivity index is 1.47. The maximum absolute atomic E-state index is 12.5. The molecule has 0 radical (unpaired) electrons. The molecule has 8 nitrogen and oxygen atoms in total. The van der Waals surface area contributed by atoms with E-state index in [1.165, 1.54) is 36.7 Å². The van der Waals surface area contributed by atoms with E-state index in [0.717, 1.165) is 10.8 Å². The Kier molecular flexibility index (Phi) is 6.83. The number of carbonyl (C=O) groups excluding carboxylic acids is 1. The van der Waals surface area contributed by atoms with Gasteiger partial charge < -0.3 is 14.7 Å². The highest BCUT2D eigenvalue weighted by atomic mass is 16.6. The minimum atomic E-state index is -0.507. The van der Waals surface area contributed by atoms with Crippen LogP contribution in [0.3, 0.4) is 0 Å². The lowest BCUT2D eigenvalue weighted by Gasteiger charge is -2.20. The van der Waals surface area contributed by atoms with Gasteiger partial charge in [-0.1, -0.05) is 17.9 Å². The van der Waals surface area contributed by atoms with E-state index >= 15 is 0 Å². The van der Waals surface area contributed by atoms with Crippen molar-refractivity contribution in [1.82, 2.24) is 4.90 Å². The molecule has 2 aromatic carbocycles. The van der Waals surface area contributed by atoms with Crippen LogP contribution in [-0.2, 0) is 0 Å². The molecule has 3 aromatic rings. The summed E-state index contributed by atoms with van der Waals surface area (Å²) in [5.74, 6) is 0.297. The van der Waals surface area contributed by atoms with Crippen molar-refractivity contribution in [3.05, 3.63) is 136 Å². The van der Waals surface area contributed by atoms with Gasteiger partial charge in [-0.15, -0.1) is 0 Å². The van der Waals surface area contributed by atoms with Gasteiger partial charge in [-0.2, -0.15) is 4.24 Å². The van der Waals surface area contributed by atoms with Crippen molar-refractivity contribution in [3.8, 4) is 5.75 Å². The standard InChI is InChI=1S/C27H21N3O5/c1-35-25-8-4-23(5-9-25)27(32)19-29-16-12-21(13-17-29)20-10-14-28(15-11-20)18-26(31)22-2-6-24(7-3-22)30(33)34/h2-19H,1H3/b27-19+. The van der Waals surface area contributed by atoms with Gasteiger partial charge in [0.1, 0.15) is 5.75 Å². The summed E-state index contributed by atoms with van der Waals surface area (Å²) in [6, 6.07) is 16.1. The van der Waals surface area contributed by atoms with E-state index in [1.807, 2.05) is 24.3 Å². The molecule has 0 saturated carbocycles. The van der Waals surface area contributed by atoms with Crippen LogP contribution >= 0.6 is 0 Å². The number of allylic oxidation sites excluding steroid dienone is 2. The molecule has 0 spiro atoms. The topological polar surface area (TPSA) is 102 Å². The maximum Gasteiger partial charge on any atom is 0.269 e. The summed E-state index contributed by atoms with van der Waals surface area (Å²) in [5.41, 5.74) is 1.81. The third kappa shape index (κ3) is 5.69. The first-order chi connectivity index (χ1) is 16.9. The Morgan fingerprint density at radius 1 is 0.943 bits per heavy atom. The molecule has 0 N–H and O–H groups in total. The molecular formula is C27H21N3O5. The number of hydrogen-bond donors (Lipinski definition) is 0. The van der Waals surface area contributed by atoms with Gasteiger partial charge in [0.2, 0.25) is 12.0 Å². The van der Waals surface area contributed by atoms with Gasteiger partial charge in [-0.3, -0.25) is 14.9 Å². The number of nitro benzene ring substituents is 1. The minimum absolute atomic E-state index is 0.0644. The van der Waals surface area contributed by atoms with Crippen molar-refractivity contribution in [3.63, 3.8) is 0 Å². The number of methoxy groups -OCH3 is 1. The number of carbonyl (C=O) groups is 1. The van der Waals surface area contributed by atoms with Crippen molar-refractivity contribution in [2.45, 2.75) is 0 Å². The number of nitrogens with zero attached hydrogens (tertiary/aromatic N) is 3. The largest absolute Gasteiger partial charge is 0.871 e. The third-order valence-corrected chi connectivity index (χ3v) is 5.31. The van der Waals surface area contributed by atoms with Crippen LogP contribution in [0.5, 0.6) is 5.75 Å². The average Bonchev–Trinajstić information content (AvgIpc) is 2.89. The van der Waals surface area contributed by atoms with Gasteiger partial charge in [-0.05, 0) is 52.8 Å². The summed E-state index contributed by atoms with van der Waals surface area (Å²) in [6.07, 6.45) is 13.8. The first-order valence-electron chi connectivity index (χ1n) is 10.6. The summed E-state index contributed by atoms with van der Waals surface area (Å²) >= 11 is 0. The number of non-ortho nitro benzene ring substituents is 1. The number of nitro groups is 1. The molecule has 0 bridgehead atoms. The molecule has 0 unspecified atom stereocenters. The molecule has 0 saturated heterocycles. The zero-order valence-corrected chi connectivity index (χ0v) is 18.8. The fourth-order valence-electron chi connectivity index (χ4n) is 3.36. The van der Waals surface area contributed by atoms with E-state index < -0.39 is 4.92 Å². The molecule has 4 rings (SSSR count). The third-order valence-electron chi connectivity index (χ3n) is 5.31. The number of benzene rings is 2. The summed E-state index contributed by atoms with van der Waals surface area (Å²) in [7, 11) is 1.58. The molecule has 174 valence electrons. The normalized spacial score (nSPS) is 13.0. The van der Waals surface area contributed by atoms with E-state index in [1.54, 1.807) is 65.3 Å². The second-order valence-electron chi connectivity index (χ2n) is 7.59. The van der Waals surface area contributed by atoms with Gasteiger partial charge >= 0.3 is 0 Å². The molecule has 0 aliphatic carbocycles. The number of rotatable bonds is 6. The number of ketones is 1.